The number of fused-ring (bicyclic) bond motifs is 1. The summed E-state index contributed by atoms with van der Waals surface area (Å²) < 4.78 is 5.48. The average molecular weight is 194 g/mol. The van der Waals surface area contributed by atoms with E-state index in [2.05, 4.69) is 10.6 Å². The zero-order chi connectivity index (χ0) is 9.38. The van der Waals surface area contributed by atoms with Gasteiger partial charge in [-0.3, -0.25) is 0 Å². The molecule has 3 atom stereocenters. The van der Waals surface area contributed by atoms with Gasteiger partial charge in [-0.25, -0.2) is 0 Å². The number of nitrogens with one attached hydrogen (secondary N) is 2. The highest BCUT2D eigenvalue weighted by molar-refractivity contribution is 5.20. The van der Waals surface area contributed by atoms with Crippen LogP contribution in [0, 0.1) is 5.92 Å². The third kappa shape index (κ3) is 1.66. The van der Waals surface area contributed by atoms with Gasteiger partial charge in [0.25, 0.3) is 0 Å². The molecule has 0 aromatic rings. The van der Waals surface area contributed by atoms with Crippen molar-refractivity contribution in [2.75, 3.05) is 19.6 Å². The van der Waals surface area contributed by atoms with Crippen LogP contribution < -0.4 is 10.6 Å². The molecule has 1 saturated carbocycles. The summed E-state index contributed by atoms with van der Waals surface area (Å²) in [7, 11) is 0. The first-order chi connectivity index (χ1) is 6.93. The Morgan fingerprint density at radius 3 is 3.07 bits per heavy atom. The zero-order valence-corrected chi connectivity index (χ0v) is 8.46. The number of piperazine rings is 1. The highest BCUT2D eigenvalue weighted by Crippen LogP contribution is 2.46. The summed E-state index contributed by atoms with van der Waals surface area (Å²) >= 11 is 0. The summed E-state index contributed by atoms with van der Waals surface area (Å²) in [6.07, 6.45) is 6.34. The second-order valence-electron chi connectivity index (χ2n) is 4.60. The molecule has 0 bridgehead atoms. The van der Waals surface area contributed by atoms with Crippen LogP contribution in [0.3, 0.4) is 0 Å². The predicted octanol–water partition coefficient (Wildman–Crippen LogP) is 0.631. The van der Waals surface area contributed by atoms with Crippen LogP contribution in [-0.4, -0.2) is 31.8 Å². The third-order valence-corrected chi connectivity index (χ3v) is 3.51. The summed E-state index contributed by atoms with van der Waals surface area (Å²) in [5.41, 5.74) is 1.56. The van der Waals surface area contributed by atoms with Gasteiger partial charge < -0.3 is 15.4 Å². The van der Waals surface area contributed by atoms with Crippen molar-refractivity contribution in [2.45, 2.75) is 31.4 Å². The summed E-state index contributed by atoms with van der Waals surface area (Å²) in [6.45, 7) is 3.36. The van der Waals surface area contributed by atoms with E-state index in [1.54, 1.807) is 5.57 Å². The summed E-state index contributed by atoms with van der Waals surface area (Å²) in [4.78, 5) is 0. The Kier molecular flexibility index (Phi) is 2.22. The number of ether oxygens (including phenoxy) is 1. The monoisotopic (exact) mass is 194 g/mol. The zero-order valence-electron chi connectivity index (χ0n) is 8.46. The van der Waals surface area contributed by atoms with Crippen molar-refractivity contribution in [1.29, 1.82) is 0 Å². The SMILES string of the molecule is C1=C(CC[C@H]2CNCCN2)C2CC2O1. The van der Waals surface area contributed by atoms with Gasteiger partial charge in [0.1, 0.15) is 6.10 Å². The van der Waals surface area contributed by atoms with Crippen molar-refractivity contribution in [1.82, 2.24) is 10.6 Å². The van der Waals surface area contributed by atoms with Crippen LogP contribution in [0.1, 0.15) is 19.3 Å². The normalized spacial score (nSPS) is 40.0. The van der Waals surface area contributed by atoms with E-state index in [0.717, 1.165) is 25.6 Å². The smallest absolute Gasteiger partial charge is 0.105 e. The van der Waals surface area contributed by atoms with Gasteiger partial charge >= 0.3 is 0 Å². The first-order valence-electron chi connectivity index (χ1n) is 5.72. The lowest BCUT2D eigenvalue weighted by Crippen LogP contribution is -2.48. The molecule has 2 aliphatic heterocycles. The molecular formula is C11H18N2O. The first-order valence-corrected chi connectivity index (χ1v) is 5.72. The lowest BCUT2D eigenvalue weighted by Gasteiger charge is -2.24. The molecule has 0 radical (unpaired) electrons. The molecule has 2 fully saturated rings. The second-order valence-corrected chi connectivity index (χ2v) is 4.60. The molecule has 14 heavy (non-hydrogen) atoms. The fraction of sp³-hybridized carbons (Fsp3) is 0.818. The van der Waals surface area contributed by atoms with Crippen molar-refractivity contribution >= 4 is 0 Å². The fourth-order valence-corrected chi connectivity index (χ4v) is 2.48. The van der Waals surface area contributed by atoms with Gasteiger partial charge in [0, 0.05) is 31.6 Å². The van der Waals surface area contributed by atoms with Crippen LogP contribution in [0.4, 0.5) is 0 Å². The molecule has 0 aromatic heterocycles. The predicted molar refractivity (Wildman–Crippen MR) is 55.0 cm³/mol. The Balaban J connectivity index is 1.44. The van der Waals surface area contributed by atoms with E-state index >= 15 is 0 Å². The molecule has 3 aliphatic rings. The van der Waals surface area contributed by atoms with Crippen LogP contribution in [0.5, 0.6) is 0 Å². The molecule has 2 N–H and O–H groups in total. The van der Waals surface area contributed by atoms with Gasteiger partial charge in [-0.15, -0.1) is 0 Å². The topological polar surface area (TPSA) is 33.3 Å². The Morgan fingerprint density at radius 1 is 1.43 bits per heavy atom. The molecule has 0 spiro atoms. The van der Waals surface area contributed by atoms with Crippen LogP contribution in [0.2, 0.25) is 0 Å². The van der Waals surface area contributed by atoms with E-state index in [1.807, 2.05) is 6.26 Å². The van der Waals surface area contributed by atoms with E-state index in [4.69, 9.17) is 4.74 Å². The maximum absolute atomic E-state index is 5.48. The summed E-state index contributed by atoms with van der Waals surface area (Å²) in [6, 6.07) is 0.669. The van der Waals surface area contributed by atoms with Crippen LogP contribution >= 0.6 is 0 Å². The van der Waals surface area contributed by atoms with Gasteiger partial charge in [-0.1, -0.05) is 0 Å². The minimum absolute atomic E-state index is 0.572. The second kappa shape index (κ2) is 3.55. The minimum atomic E-state index is 0.572. The molecular weight excluding hydrogens is 176 g/mol. The number of rotatable bonds is 3. The lowest BCUT2D eigenvalue weighted by atomic mass is 10.0. The molecule has 3 rings (SSSR count). The van der Waals surface area contributed by atoms with E-state index in [-0.39, 0.29) is 0 Å². The Hall–Kier alpha value is -0.540. The molecule has 3 nitrogen and oxygen atoms in total. The van der Waals surface area contributed by atoms with Crippen molar-refractivity contribution in [3.63, 3.8) is 0 Å². The van der Waals surface area contributed by atoms with Crippen molar-refractivity contribution in [2.24, 2.45) is 5.92 Å². The van der Waals surface area contributed by atoms with Gasteiger partial charge in [-0.05, 0) is 24.8 Å². The van der Waals surface area contributed by atoms with Crippen LogP contribution in [0.15, 0.2) is 11.8 Å². The lowest BCUT2D eigenvalue weighted by molar-refractivity contribution is 0.243. The number of hydrogen-bond acceptors (Lipinski definition) is 3. The molecule has 3 heteroatoms. The third-order valence-electron chi connectivity index (χ3n) is 3.51. The van der Waals surface area contributed by atoms with Crippen LogP contribution in [0.25, 0.3) is 0 Å². The Morgan fingerprint density at radius 2 is 2.43 bits per heavy atom. The fourth-order valence-electron chi connectivity index (χ4n) is 2.48. The van der Waals surface area contributed by atoms with Crippen molar-refractivity contribution in [3.8, 4) is 0 Å². The molecule has 78 valence electrons. The first kappa shape index (κ1) is 8.74. The number of hydrogen-bond donors (Lipinski definition) is 2. The highest BCUT2D eigenvalue weighted by atomic mass is 16.5. The van der Waals surface area contributed by atoms with E-state index in [1.165, 1.54) is 19.3 Å². The molecule has 0 aromatic carbocycles. The maximum atomic E-state index is 5.48. The Labute approximate surface area is 84.9 Å². The van der Waals surface area contributed by atoms with Crippen molar-refractivity contribution in [3.05, 3.63) is 11.8 Å². The van der Waals surface area contributed by atoms with E-state index in [9.17, 15) is 0 Å². The standard InChI is InChI=1S/C11H18N2O/c1(2-9-6-12-3-4-13-9)8-7-14-11-5-10(8)11/h7,9-13H,1-6H2/t9-,10?,11?/m0/s1. The quantitative estimate of drug-likeness (QED) is 0.691. The Bertz CT molecular complexity index is 246. The molecule has 1 aliphatic carbocycles. The van der Waals surface area contributed by atoms with Gasteiger partial charge in [0.05, 0.1) is 6.26 Å². The highest BCUT2D eigenvalue weighted by Gasteiger charge is 2.45. The summed E-state index contributed by atoms with van der Waals surface area (Å²) in [5, 5.41) is 6.96. The van der Waals surface area contributed by atoms with Gasteiger partial charge in [-0.2, -0.15) is 0 Å². The molecule has 1 saturated heterocycles. The maximum Gasteiger partial charge on any atom is 0.105 e. The molecule has 2 unspecified atom stereocenters. The van der Waals surface area contributed by atoms with Gasteiger partial charge in [0.15, 0.2) is 0 Å². The van der Waals surface area contributed by atoms with Gasteiger partial charge in [0.2, 0.25) is 0 Å². The van der Waals surface area contributed by atoms with Crippen molar-refractivity contribution < 1.29 is 4.74 Å². The van der Waals surface area contributed by atoms with E-state index < -0.39 is 0 Å². The van der Waals surface area contributed by atoms with Crippen LogP contribution in [-0.2, 0) is 4.74 Å². The molecule has 0 amide bonds. The largest absolute Gasteiger partial charge is 0.497 e. The molecule has 2 heterocycles. The average Bonchev–Trinajstić information content (AvgIpc) is 2.92. The van der Waals surface area contributed by atoms with E-state index in [0.29, 0.717) is 12.1 Å². The summed E-state index contributed by atoms with van der Waals surface area (Å²) in [5.74, 6) is 0.798. The minimum Gasteiger partial charge on any atom is -0.497 e.